The molecule has 0 bridgehead atoms. The molecule has 0 unspecified atom stereocenters. The summed E-state index contributed by atoms with van der Waals surface area (Å²) < 4.78 is 1.50. The highest BCUT2D eigenvalue weighted by Gasteiger charge is 2.13. The maximum absolute atomic E-state index is 11.8. The van der Waals surface area contributed by atoms with E-state index in [1.165, 1.54) is 17.0 Å². The number of fused-ring (bicyclic) bond motifs is 1. The Hall–Kier alpha value is -2.02. The molecule has 2 rings (SSSR count). The molecule has 7 nitrogen and oxygen atoms in total. The highest BCUT2D eigenvalue weighted by Crippen LogP contribution is 2.07. The summed E-state index contributed by atoms with van der Waals surface area (Å²) in [5.41, 5.74) is 1.08. The fourth-order valence-corrected chi connectivity index (χ4v) is 1.45. The second kappa shape index (κ2) is 4.46. The van der Waals surface area contributed by atoms with Crippen molar-refractivity contribution in [3.63, 3.8) is 0 Å². The maximum atomic E-state index is 11.8. The molecule has 2 heterocycles. The van der Waals surface area contributed by atoms with Gasteiger partial charge in [0.25, 0.3) is 11.7 Å². The van der Waals surface area contributed by atoms with Crippen LogP contribution in [0.1, 0.15) is 23.0 Å². The van der Waals surface area contributed by atoms with Crippen LogP contribution in [0.15, 0.2) is 12.5 Å². The number of carbonyl (C=O) groups is 1. The molecule has 0 aliphatic rings. The number of nitrogens with zero attached hydrogens (tertiary/aromatic N) is 4. The first-order valence-electron chi connectivity index (χ1n) is 5.21. The van der Waals surface area contributed by atoms with Crippen molar-refractivity contribution in [3.8, 4) is 0 Å². The molecular weight excluding hydrogens is 222 g/mol. The molecule has 1 atom stereocenters. The van der Waals surface area contributed by atoms with Gasteiger partial charge in [-0.15, -0.1) is 0 Å². The SMILES string of the molecule is Cc1c(C(=O)NC[C@H](C)O)cnc2ncnn12. The van der Waals surface area contributed by atoms with Gasteiger partial charge in [-0.25, -0.2) is 9.50 Å². The molecule has 2 N–H and O–H groups in total. The molecule has 0 aliphatic carbocycles. The van der Waals surface area contributed by atoms with Gasteiger partial charge in [0.15, 0.2) is 0 Å². The number of hydrogen-bond acceptors (Lipinski definition) is 5. The van der Waals surface area contributed by atoms with Crippen molar-refractivity contribution in [3.05, 3.63) is 23.8 Å². The molecule has 17 heavy (non-hydrogen) atoms. The quantitative estimate of drug-likeness (QED) is 0.751. The van der Waals surface area contributed by atoms with E-state index in [0.717, 1.165) is 0 Å². The fourth-order valence-electron chi connectivity index (χ4n) is 1.45. The summed E-state index contributed by atoms with van der Waals surface area (Å²) in [4.78, 5) is 19.8. The van der Waals surface area contributed by atoms with E-state index < -0.39 is 6.10 Å². The van der Waals surface area contributed by atoms with Crippen molar-refractivity contribution in [2.75, 3.05) is 6.54 Å². The van der Waals surface area contributed by atoms with Gasteiger partial charge in [0.05, 0.1) is 17.4 Å². The third kappa shape index (κ3) is 2.23. The van der Waals surface area contributed by atoms with Crippen molar-refractivity contribution in [1.82, 2.24) is 24.9 Å². The van der Waals surface area contributed by atoms with Gasteiger partial charge in [-0.05, 0) is 13.8 Å². The third-order valence-electron chi connectivity index (χ3n) is 2.35. The molecule has 0 fully saturated rings. The molecule has 7 heteroatoms. The molecule has 2 aromatic rings. The predicted octanol–water partition coefficient (Wildman–Crippen LogP) is -0.457. The van der Waals surface area contributed by atoms with Crippen molar-refractivity contribution in [2.24, 2.45) is 0 Å². The minimum atomic E-state index is -0.581. The molecule has 0 saturated carbocycles. The maximum Gasteiger partial charge on any atom is 0.254 e. The van der Waals surface area contributed by atoms with Crippen LogP contribution in [0.3, 0.4) is 0 Å². The average Bonchev–Trinajstić information content (AvgIpc) is 2.75. The highest BCUT2D eigenvalue weighted by atomic mass is 16.3. The largest absolute Gasteiger partial charge is 0.392 e. The second-order valence-electron chi connectivity index (χ2n) is 3.79. The number of carbonyl (C=O) groups excluding carboxylic acids is 1. The van der Waals surface area contributed by atoms with E-state index in [2.05, 4.69) is 20.4 Å². The van der Waals surface area contributed by atoms with Crippen molar-refractivity contribution < 1.29 is 9.90 Å². The Kier molecular flexibility index (Phi) is 3.01. The van der Waals surface area contributed by atoms with E-state index >= 15 is 0 Å². The Morgan fingerprint density at radius 1 is 1.59 bits per heavy atom. The van der Waals surface area contributed by atoms with Crippen LogP contribution in [0.25, 0.3) is 5.78 Å². The number of nitrogens with one attached hydrogen (secondary N) is 1. The van der Waals surface area contributed by atoms with Crippen LogP contribution in [-0.2, 0) is 0 Å². The van der Waals surface area contributed by atoms with E-state index in [9.17, 15) is 4.79 Å². The Balaban J connectivity index is 2.29. The van der Waals surface area contributed by atoms with E-state index in [4.69, 9.17) is 5.11 Å². The van der Waals surface area contributed by atoms with E-state index in [-0.39, 0.29) is 12.5 Å². The van der Waals surface area contributed by atoms with Gasteiger partial charge in [0.1, 0.15) is 6.33 Å². The van der Waals surface area contributed by atoms with E-state index in [1.807, 2.05) is 0 Å². The molecule has 0 aliphatic heterocycles. The van der Waals surface area contributed by atoms with Gasteiger partial charge >= 0.3 is 0 Å². The van der Waals surface area contributed by atoms with Crippen LogP contribution < -0.4 is 5.32 Å². The lowest BCUT2D eigenvalue weighted by Crippen LogP contribution is -2.31. The lowest BCUT2D eigenvalue weighted by Gasteiger charge is -2.09. The fraction of sp³-hybridized carbons (Fsp3) is 0.400. The molecule has 0 saturated heterocycles. The molecular formula is C10H13N5O2. The molecule has 0 spiro atoms. The second-order valence-corrected chi connectivity index (χ2v) is 3.79. The Morgan fingerprint density at radius 3 is 3.06 bits per heavy atom. The highest BCUT2D eigenvalue weighted by molar-refractivity contribution is 5.95. The first-order valence-corrected chi connectivity index (χ1v) is 5.21. The molecule has 90 valence electrons. The first-order chi connectivity index (χ1) is 8.09. The van der Waals surface area contributed by atoms with Crippen LogP contribution in [0.4, 0.5) is 0 Å². The summed E-state index contributed by atoms with van der Waals surface area (Å²) in [6.07, 6.45) is 2.26. The minimum absolute atomic E-state index is 0.202. The van der Waals surface area contributed by atoms with E-state index in [0.29, 0.717) is 17.0 Å². The number of hydrogen-bond donors (Lipinski definition) is 2. The van der Waals surface area contributed by atoms with Crippen LogP contribution in [0, 0.1) is 6.92 Å². The van der Waals surface area contributed by atoms with Crippen LogP contribution in [0.2, 0.25) is 0 Å². The number of aryl methyl sites for hydroxylation is 1. The van der Waals surface area contributed by atoms with Gasteiger partial charge in [-0.2, -0.15) is 10.1 Å². The zero-order valence-corrected chi connectivity index (χ0v) is 9.58. The Labute approximate surface area is 97.5 Å². The number of amides is 1. The third-order valence-corrected chi connectivity index (χ3v) is 2.35. The van der Waals surface area contributed by atoms with Gasteiger partial charge in [0, 0.05) is 12.7 Å². The number of aliphatic hydroxyl groups excluding tert-OH is 1. The zero-order valence-electron chi connectivity index (χ0n) is 9.58. The van der Waals surface area contributed by atoms with Crippen molar-refractivity contribution in [2.45, 2.75) is 20.0 Å². The van der Waals surface area contributed by atoms with Gasteiger partial charge < -0.3 is 10.4 Å². The summed E-state index contributed by atoms with van der Waals surface area (Å²) in [5, 5.41) is 15.7. The molecule has 0 radical (unpaired) electrons. The van der Waals surface area contributed by atoms with Gasteiger partial charge in [-0.3, -0.25) is 4.79 Å². The normalized spacial score (nSPS) is 12.6. The van der Waals surface area contributed by atoms with Crippen molar-refractivity contribution >= 4 is 11.7 Å². The Bertz CT molecular complexity index is 549. The number of aliphatic hydroxyl groups is 1. The average molecular weight is 235 g/mol. The molecule has 1 amide bonds. The van der Waals surface area contributed by atoms with Crippen molar-refractivity contribution in [1.29, 1.82) is 0 Å². The van der Waals surface area contributed by atoms with Gasteiger partial charge in [0.2, 0.25) is 0 Å². The summed E-state index contributed by atoms with van der Waals surface area (Å²) in [6.45, 7) is 3.57. The molecule has 0 aromatic carbocycles. The topological polar surface area (TPSA) is 92.4 Å². The minimum Gasteiger partial charge on any atom is -0.392 e. The predicted molar refractivity (Wildman–Crippen MR) is 59.5 cm³/mol. The van der Waals surface area contributed by atoms with E-state index in [1.54, 1.807) is 13.8 Å². The number of rotatable bonds is 3. The van der Waals surface area contributed by atoms with Crippen LogP contribution in [0.5, 0.6) is 0 Å². The smallest absolute Gasteiger partial charge is 0.254 e. The summed E-state index contributed by atoms with van der Waals surface area (Å²) in [5.74, 6) is 0.169. The zero-order chi connectivity index (χ0) is 12.4. The Morgan fingerprint density at radius 2 is 2.35 bits per heavy atom. The summed E-state index contributed by atoms with van der Waals surface area (Å²) in [6, 6.07) is 0. The first kappa shape index (κ1) is 11.5. The standard InChI is InChI=1S/C10H13N5O2/c1-6(16)3-11-9(17)8-4-12-10-13-5-14-15(10)7(8)2/h4-6,16H,3H2,1-2H3,(H,11,17)/t6-/m0/s1. The summed E-state index contributed by atoms with van der Waals surface area (Å²) in [7, 11) is 0. The lowest BCUT2D eigenvalue weighted by atomic mass is 10.2. The molecule has 2 aromatic heterocycles. The lowest BCUT2D eigenvalue weighted by molar-refractivity contribution is 0.0922. The van der Waals surface area contributed by atoms with Crippen LogP contribution in [-0.4, -0.2) is 43.2 Å². The monoisotopic (exact) mass is 235 g/mol. The van der Waals surface area contributed by atoms with Gasteiger partial charge in [-0.1, -0.05) is 0 Å². The summed E-state index contributed by atoms with van der Waals surface area (Å²) >= 11 is 0. The number of aromatic nitrogens is 4. The van der Waals surface area contributed by atoms with Crippen LogP contribution >= 0.6 is 0 Å².